The zero-order valence-electron chi connectivity index (χ0n) is 19.0. The van der Waals surface area contributed by atoms with Gasteiger partial charge in [-0.15, -0.1) is 0 Å². The van der Waals surface area contributed by atoms with Crippen molar-refractivity contribution in [3.63, 3.8) is 0 Å². The van der Waals surface area contributed by atoms with Gasteiger partial charge in [0, 0.05) is 29.3 Å². The highest BCUT2D eigenvalue weighted by atomic mass is 32.1. The second-order valence-electron chi connectivity index (χ2n) is 7.98. The van der Waals surface area contributed by atoms with Crippen LogP contribution in [0.4, 0.5) is 0 Å². The zero-order valence-corrected chi connectivity index (χ0v) is 19.9. The molecule has 0 aliphatic carbocycles. The van der Waals surface area contributed by atoms with Gasteiger partial charge in [-0.1, -0.05) is 18.2 Å². The first-order chi connectivity index (χ1) is 16.5. The zero-order chi connectivity index (χ0) is 26.1. The van der Waals surface area contributed by atoms with Crippen LogP contribution in [0, 0.1) is 0 Å². The van der Waals surface area contributed by atoms with Crippen LogP contribution in [0.15, 0.2) is 30.5 Å². The molecule has 0 saturated heterocycles. The van der Waals surface area contributed by atoms with Gasteiger partial charge in [-0.3, -0.25) is 24.0 Å². The van der Waals surface area contributed by atoms with Crippen LogP contribution in [0.5, 0.6) is 0 Å². The molecular formula is C22H29N5O7S. The molecule has 0 fully saturated rings. The van der Waals surface area contributed by atoms with E-state index in [1.165, 1.54) is 6.92 Å². The summed E-state index contributed by atoms with van der Waals surface area (Å²) in [6, 6.07) is 2.73. The van der Waals surface area contributed by atoms with E-state index in [0.29, 0.717) is 0 Å². The maximum Gasteiger partial charge on any atom is 0.325 e. The van der Waals surface area contributed by atoms with Crippen molar-refractivity contribution in [1.29, 1.82) is 0 Å². The Morgan fingerprint density at radius 2 is 1.63 bits per heavy atom. The number of amides is 3. The quantitative estimate of drug-likeness (QED) is 0.164. The third-order valence-corrected chi connectivity index (χ3v) is 5.64. The highest BCUT2D eigenvalue weighted by molar-refractivity contribution is 7.80. The number of carbonyl (C=O) groups excluding carboxylic acids is 3. The fourth-order valence-electron chi connectivity index (χ4n) is 3.29. The molecule has 4 unspecified atom stereocenters. The molecule has 1 heterocycles. The van der Waals surface area contributed by atoms with Crippen molar-refractivity contribution in [2.75, 3.05) is 5.75 Å². The largest absolute Gasteiger partial charge is 0.481 e. The van der Waals surface area contributed by atoms with Gasteiger partial charge in [-0.05, 0) is 31.4 Å². The lowest BCUT2D eigenvalue weighted by atomic mass is 10.0. The molecule has 2 aromatic rings. The number of H-pyrrole nitrogens is 1. The number of aliphatic carboxylic acids is 2. The molecule has 0 spiro atoms. The highest BCUT2D eigenvalue weighted by Crippen LogP contribution is 2.18. The summed E-state index contributed by atoms with van der Waals surface area (Å²) in [6.07, 6.45) is 1.22. The van der Waals surface area contributed by atoms with Crippen molar-refractivity contribution in [2.24, 2.45) is 5.73 Å². The van der Waals surface area contributed by atoms with E-state index in [1.54, 1.807) is 6.20 Å². The molecule has 0 saturated carbocycles. The van der Waals surface area contributed by atoms with Gasteiger partial charge in [-0.2, -0.15) is 12.6 Å². The lowest BCUT2D eigenvalue weighted by Gasteiger charge is -2.23. The van der Waals surface area contributed by atoms with Gasteiger partial charge in [-0.25, -0.2) is 0 Å². The topological polar surface area (TPSA) is 204 Å². The number of nitrogens with one attached hydrogen (secondary N) is 4. The third kappa shape index (κ3) is 8.00. The van der Waals surface area contributed by atoms with Crippen LogP contribution in [0.3, 0.4) is 0 Å². The van der Waals surface area contributed by atoms with Crippen molar-refractivity contribution >= 4 is 53.2 Å². The molecule has 8 N–H and O–H groups in total. The van der Waals surface area contributed by atoms with Gasteiger partial charge < -0.3 is 36.9 Å². The number of rotatable bonds is 13. The number of carboxylic acid groups (broad SMARTS) is 2. The number of hydrogen-bond acceptors (Lipinski definition) is 7. The molecule has 13 heteroatoms. The SMILES string of the molecule is CC(NC(=O)C(CS)NC(=O)C(CCC(=O)O)NC(=O)C(N)Cc1c[nH]c2ccccc12)C(=O)O. The van der Waals surface area contributed by atoms with Crippen LogP contribution in [0.25, 0.3) is 10.9 Å². The van der Waals surface area contributed by atoms with Gasteiger partial charge in [0.2, 0.25) is 17.7 Å². The van der Waals surface area contributed by atoms with Crippen molar-refractivity contribution in [2.45, 2.75) is 50.4 Å². The normalized spacial score (nSPS) is 14.4. The summed E-state index contributed by atoms with van der Waals surface area (Å²) >= 11 is 4.01. The van der Waals surface area contributed by atoms with Crippen LogP contribution in [0.2, 0.25) is 0 Å². The van der Waals surface area contributed by atoms with E-state index < -0.39 is 60.2 Å². The van der Waals surface area contributed by atoms with Crippen LogP contribution >= 0.6 is 12.6 Å². The number of benzene rings is 1. The third-order valence-electron chi connectivity index (χ3n) is 5.28. The number of carbonyl (C=O) groups is 5. The Kier molecular flexibility index (Phi) is 10.1. The number of nitrogens with two attached hydrogens (primary N) is 1. The fourth-order valence-corrected chi connectivity index (χ4v) is 3.54. The minimum absolute atomic E-state index is 0.163. The van der Waals surface area contributed by atoms with E-state index in [0.717, 1.165) is 16.5 Å². The summed E-state index contributed by atoms with van der Waals surface area (Å²) in [6.45, 7) is 1.25. The average molecular weight is 508 g/mol. The Morgan fingerprint density at radius 3 is 2.26 bits per heavy atom. The first-order valence-electron chi connectivity index (χ1n) is 10.8. The van der Waals surface area contributed by atoms with E-state index in [1.807, 2.05) is 24.3 Å². The van der Waals surface area contributed by atoms with Crippen LogP contribution in [0.1, 0.15) is 25.3 Å². The number of aromatic amines is 1. The van der Waals surface area contributed by atoms with E-state index in [2.05, 4.69) is 33.6 Å². The Bertz CT molecular complexity index is 1090. The predicted molar refractivity (Wildman–Crippen MR) is 130 cm³/mol. The van der Waals surface area contributed by atoms with Crippen molar-refractivity contribution in [3.05, 3.63) is 36.0 Å². The fraction of sp³-hybridized carbons (Fsp3) is 0.409. The molecule has 0 bridgehead atoms. The molecule has 0 aliphatic rings. The lowest BCUT2D eigenvalue weighted by Crippen LogP contribution is -2.57. The Labute approximate surface area is 206 Å². The van der Waals surface area contributed by atoms with Gasteiger partial charge in [0.1, 0.15) is 18.1 Å². The molecule has 2 rings (SSSR count). The minimum Gasteiger partial charge on any atom is -0.481 e. The van der Waals surface area contributed by atoms with Crippen molar-refractivity contribution in [3.8, 4) is 0 Å². The van der Waals surface area contributed by atoms with Crippen LogP contribution in [-0.2, 0) is 30.4 Å². The number of para-hydroxylation sites is 1. The van der Waals surface area contributed by atoms with E-state index in [9.17, 15) is 24.0 Å². The summed E-state index contributed by atoms with van der Waals surface area (Å²) in [7, 11) is 0. The molecule has 3 amide bonds. The molecule has 0 radical (unpaired) electrons. The van der Waals surface area contributed by atoms with Gasteiger partial charge in [0.15, 0.2) is 0 Å². The van der Waals surface area contributed by atoms with Crippen LogP contribution in [-0.4, -0.2) is 74.8 Å². The second-order valence-corrected chi connectivity index (χ2v) is 8.34. The van der Waals surface area contributed by atoms with E-state index in [-0.39, 0.29) is 18.6 Å². The molecule has 4 atom stereocenters. The molecule has 12 nitrogen and oxygen atoms in total. The van der Waals surface area contributed by atoms with E-state index >= 15 is 0 Å². The summed E-state index contributed by atoms with van der Waals surface area (Å²) in [5.74, 6) is -4.90. The molecule has 190 valence electrons. The summed E-state index contributed by atoms with van der Waals surface area (Å²) in [5, 5.41) is 25.9. The number of fused-ring (bicyclic) bond motifs is 1. The second kappa shape index (κ2) is 12.8. The maximum absolute atomic E-state index is 12.8. The summed E-state index contributed by atoms with van der Waals surface area (Å²) in [5.41, 5.74) is 7.73. The Morgan fingerprint density at radius 1 is 1.00 bits per heavy atom. The Balaban J connectivity index is 2.07. The number of hydrogen-bond donors (Lipinski definition) is 8. The van der Waals surface area contributed by atoms with Gasteiger partial charge in [0.25, 0.3) is 0 Å². The Hall–Kier alpha value is -3.58. The smallest absolute Gasteiger partial charge is 0.325 e. The van der Waals surface area contributed by atoms with Gasteiger partial charge in [0.05, 0.1) is 6.04 Å². The van der Waals surface area contributed by atoms with E-state index in [4.69, 9.17) is 15.9 Å². The van der Waals surface area contributed by atoms with Gasteiger partial charge >= 0.3 is 11.9 Å². The maximum atomic E-state index is 12.8. The first kappa shape index (κ1) is 27.7. The monoisotopic (exact) mass is 507 g/mol. The minimum atomic E-state index is -1.29. The number of thiol groups is 1. The lowest BCUT2D eigenvalue weighted by molar-refractivity contribution is -0.141. The summed E-state index contributed by atoms with van der Waals surface area (Å²) in [4.78, 5) is 62.9. The molecule has 35 heavy (non-hydrogen) atoms. The highest BCUT2D eigenvalue weighted by Gasteiger charge is 2.29. The molecule has 1 aromatic carbocycles. The molecular weight excluding hydrogens is 478 g/mol. The number of carboxylic acids is 2. The average Bonchev–Trinajstić information content (AvgIpc) is 3.22. The van der Waals surface area contributed by atoms with Crippen molar-refractivity contribution in [1.82, 2.24) is 20.9 Å². The summed E-state index contributed by atoms with van der Waals surface area (Å²) < 4.78 is 0. The van der Waals surface area contributed by atoms with Crippen LogP contribution < -0.4 is 21.7 Å². The molecule has 0 aliphatic heterocycles. The van der Waals surface area contributed by atoms with Crippen molar-refractivity contribution < 1.29 is 34.2 Å². The molecule has 1 aromatic heterocycles. The first-order valence-corrected chi connectivity index (χ1v) is 11.4. The number of aromatic nitrogens is 1. The predicted octanol–water partition coefficient (Wildman–Crippen LogP) is -0.609. The standard InChI is InChI=1S/C22H29N5O7S/c1-11(22(33)34)25-21(32)17(10-35)27-20(31)16(6-7-18(28)29)26-19(30)14(23)8-12-9-24-15-5-3-2-4-13(12)15/h2-5,9,11,14,16-17,24,35H,6-8,10,23H2,1H3,(H,25,32)(H,26,30)(H,27,31)(H,28,29)(H,33,34).